The molecule has 0 bridgehead atoms. The number of amides is 2. The summed E-state index contributed by atoms with van der Waals surface area (Å²) in [5.41, 5.74) is 5.44. The minimum atomic E-state index is -0.516. The Kier molecular flexibility index (Phi) is 5.00. The molecule has 3 rings (SSSR count). The van der Waals surface area contributed by atoms with Crippen LogP contribution in [-0.4, -0.2) is 17.4 Å². The Hall–Kier alpha value is -2.85. The van der Waals surface area contributed by atoms with Crippen LogP contribution in [0, 0.1) is 18.3 Å². The molecule has 2 aromatic rings. The number of phenolic OH excluding ortho intramolecular Hbond substituents is 1. The first-order chi connectivity index (χ1) is 12.1. The predicted octanol–water partition coefficient (Wildman–Crippen LogP) is 3.67. The second-order valence-corrected chi connectivity index (χ2v) is 7.02. The lowest BCUT2D eigenvalue weighted by Gasteiger charge is -2.09. The number of benzene rings is 1. The number of hydrogen-bond donors (Lipinski definition) is 3. The van der Waals surface area contributed by atoms with Crippen LogP contribution in [0.4, 0.5) is 9.80 Å². The first-order valence-electron chi connectivity index (χ1n) is 8.03. The van der Waals surface area contributed by atoms with Crippen LogP contribution in [0.3, 0.4) is 0 Å². The van der Waals surface area contributed by atoms with Gasteiger partial charge in [0.1, 0.15) is 16.8 Å². The Bertz CT molecular complexity index is 880. The summed E-state index contributed by atoms with van der Waals surface area (Å²) in [5.74, 6) is 0.101. The first kappa shape index (κ1) is 17.0. The Balaban J connectivity index is 1.66. The van der Waals surface area contributed by atoms with Gasteiger partial charge >= 0.3 is 6.03 Å². The summed E-state index contributed by atoms with van der Waals surface area (Å²) in [4.78, 5) is 13.2. The van der Waals surface area contributed by atoms with Crippen LogP contribution < -0.4 is 10.7 Å². The molecule has 0 fully saturated rings. The third-order valence-electron chi connectivity index (χ3n) is 4.07. The van der Waals surface area contributed by atoms with Crippen LogP contribution in [-0.2, 0) is 12.8 Å². The average Bonchev–Trinajstić information content (AvgIpc) is 2.93. The van der Waals surface area contributed by atoms with Crippen molar-refractivity contribution in [3.8, 4) is 11.8 Å². The monoisotopic (exact) mass is 354 g/mol. The number of rotatable bonds is 3. The van der Waals surface area contributed by atoms with Crippen LogP contribution in [0.1, 0.15) is 40.0 Å². The highest BCUT2D eigenvalue weighted by molar-refractivity contribution is 7.16. The quantitative estimate of drug-likeness (QED) is 0.579. The summed E-state index contributed by atoms with van der Waals surface area (Å²) in [5, 5.41) is 26.3. The molecule has 1 aliphatic rings. The molecule has 7 heteroatoms. The number of carbonyl (C=O) groups is 1. The van der Waals surface area contributed by atoms with E-state index < -0.39 is 6.03 Å². The highest BCUT2D eigenvalue weighted by Crippen LogP contribution is 2.37. The largest absolute Gasteiger partial charge is 0.507 e. The maximum absolute atomic E-state index is 12.0. The number of anilines is 1. The van der Waals surface area contributed by atoms with E-state index in [4.69, 9.17) is 0 Å². The Morgan fingerprint density at radius 3 is 2.96 bits per heavy atom. The Morgan fingerprint density at radius 2 is 2.20 bits per heavy atom. The van der Waals surface area contributed by atoms with Crippen molar-refractivity contribution < 1.29 is 9.90 Å². The van der Waals surface area contributed by atoms with Gasteiger partial charge in [-0.25, -0.2) is 10.2 Å². The second kappa shape index (κ2) is 7.36. The molecule has 0 saturated carbocycles. The fourth-order valence-electron chi connectivity index (χ4n) is 2.83. The van der Waals surface area contributed by atoms with Gasteiger partial charge in [0, 0.05) is 10.4 Å². The van der Waals surface area contributed by atoms with E-state index >= 15 is 0 Å². The molecule has 0 spiro atoms. The van der Waals surface area contributed by atoms with E-state index in [0.29, 0.717) is 16.1 Å². The van der Waals surface area contributed by atoms with Crippen LogP contribution in [0.25, 0.3) is 0 Å². The van der Waals surface area contributed by atoms with Gasteiger partial charge in [-0.3, -0.25) is 5.32 Å². The van der Waals surface area contributed by atoms with Crippen molar-refractivity contribution in [2.45, 2.75) is 32.6 Å². The van der Waals surface area contributed by atoms with Gasteiger partial charge in [-0.1, -0.05) is 6.07 Å². The van der Waals surface area contributed by atoms with Gasteiger partial charge in [-0.2, -0.15) is 10.4 Å². The fourth-order valence-corrected chi connectivity index (χ4v) is 4.06. The van der Waals surface area contributed by atoms with Gasteiger partial charge in [0.15, 0.2) is 0 Å². The summed E-state index contributed by atoms with van der Waals surface area (Å²) < 4.78 is 0. The topological polar surface area (TPSA) is 97.5 Å². The zero-order valence-electron chi connectivity index (χ0n) is 13.8. The van der Waals surface area contributed by atoms with Crippen molar-refractivity contribution in [2.24, 2.45) is 5.10 Å². The van der Waals surface area contributed by atoms with Crippen molar-refractivity contribution in [2.75, 3.05) is 5.32 Å². The number of aromatic hydroxyl groups is 1. The van der Waals surface area contributed by atoms with E-state index in [2.05, 4.69) is 21.9 Å². The van der Waals surface area contributed by atoms with Crippen molar-refractivity contribution >= 4 is 28.6 Å². The molecular weight excluding hydrogens is 336 g/mol. The van der Waals surface area contributed by atoms with Crippen molar-refractivity contribution in [3.63, 3.8) is 0 Å². The van der Waals surface area contributed by atoms with Crippen molar-refractivity contribution in [1.29, 1.82) is 5.26 Å². The molecule has 128 valence electrons. The maximum atomic E-state index is 12.0. The predicted molar refractivity (Wildman–Crippen MR) is 98.3 cm³/mol. The standard InChI is InChI=1S/C18H18N4O2S/c1-11-6-7-12(15(23)8-11)10-20-22-18(24)21-17-14(9-19)13-4-2-3-5-16(13)25-17/h6-8,10,23H,2-5H2,1H3,(H2,21,22,24)/b20-10+. The number of urea groups is 1. The number of hydrazone groups is 1. The van der Waals surface area contributed by atoms with Gasteiger partial charge in [-0.15, -0.1) is 11.3 Å². The van der Waals surface area contributed by atoms with E-state index in [0.717, 1.165) is 36.8 Å². The zero-order valence-corrected chi connectivity index (χ0v) is 14.6. The van der Waals surface area contributed by atoms with Crippen LogP contribution >= 0.6 is 11.3 Å². The number of fused-ring (bicyclic) bond motifs is 1. The molecule has 2 amide bonds. The van der Waals surface area contributed by atoms with Gasteiger partial charge < -0.3 is 5.11 Å². The molecule has 0 radical (unpaired) electrons. The smallest absolute Gasteiger partial charge is 0.340 e. The maximum Gasteiger partial charge on any atom is 0.340 e. The molecule has 0 saturated heterocycles. The van der Waals surface area contributed by atoms with Crippen LogP contribution in [0.15, 0.2) is 23.3 Å². The van der Waals surface area contributed by atoms with E-state index in [1.807, 2.05) is 13.0 Å². The summed E-state index contributed by atoms with van der Waals surface area (Å²) in [6, 6.07) is 6.87. The van der Waals surface area contributed by atoms with Gasteiger partial charge in [-0.05, 0) is 55.9 Å². The summed E-state index contributed by atoms with van der Waals surface area (Å²) in [7, 11) is 0. The minimum Gasteiger partial charge on any atom is -0.507 e. The number of phenols is 1. The SMILES string of the molecule is Cc1ccc(/C=N/NC(=O)Nc2sc3c(c2C#N)CCCC3)c(O)c1. The summed E-state index contributed by atoms with van der Waals surface area (Å²) in [6.45, 7) is 1.87. The number of thiophene rings is 1. The number of carbonyl (C=O) groups excluding carboxylic acids is 1. The van der Waals surface area contributed by atoms with E-state index in [1.165, 1.54) is 22.4 Å². The summed E-state index contributed by atoms with van der Waals surface area (Å²) in [6.07, 6.45) is 5.42. The lowest BCUT2D eigenvalue weighted by atomic mass is 9.96. The molecule has 3 N–H and O–H groups in total. The highest BCUT2D eigenvalue weighted by atomic mass is 32.1. The van der Waals surface area contributed by atoms with Gasteiger partial charge in [0.2, 0.25) is 0 Å². The van der Waals surface area contributed by atoms with E-state index in [-0.39, 0.29) is 5.75 Å². The third-order valence-corrected chi connectivity index (χ3v) is 5.27. The molecule has 1 aromatic carbocycles. The molecule has 0 aliphatic heterocycles. The fraction of sp³-hybridized carbons (Fsp3) is 0.278. The molecular formula is C18H18N4O2S. The summed E-state index contributed by atoms with van der Waals surface area (Å²) >= 11 is 1.46. The molecule has 25 heavy (non-hydrogen) atoms. The molecule has 1 aromatic heterocycles. The molecule has 1 heterocycles. The number of nitriles is 1. The third kappa shape index (κ3) is 3.80. The first-order valence-corrected chi connectivity index (χ1v) is 8.84. The van der Waals surface area contributed by atoms with Gasteiger partial charge in [0.25, 0.3) is 0 Å². The van der Waals surface area contributed by atoms with Gasteiger partial charge in [0.05, 0.1) is 11.8 Å². The lowest BCUT2D eigenvalue weighted by Crippen LogP contribution is -2.24. The number of hydrogen-bond acceptors (Lipinski definition) is 5. The van der Waals surface area contributed by atoms with Crippen LogP contribution in [0.2, 0.25) is 0 Å². The average molecular weight is 354 g/mol. The van der Waals surface area contributed by atoms with Crippen molar-refractivity contribution in [1.82, 2.24) is 5.43 Å². The second-order valence-electron chi connectivity index (χ2n) is 5.91. The molecule has 0 unspecified atom stereocenters. The van der Waals surface area contributed by atoms with Crippen molar-refractivity contribution in [3.05, 3.63) is 45.3 Å². The molecule has 6 nitrogen and oxygen atoms in total. The molecule has 0 atom stereocenters. The number of nitrogens with zero attached hydrogens (tertiary/aromatic N) is 2. The number of nitrogens with one attached hydrogen (secondary N) is 2. The normalized spacial score (nSPS) is 13.3. The minimum absolute atomic E-state index is 0.101. The van der Waals surface area contributed by atoms with Crippen LogP contribution in [0.5, 0.6) is 5.75 Å². The zero-order chi connectivity index (χ0) is 17.8. The Morgan fingerprint density at radius 1 is 1.40 bits per heavy atom. The highest BCUT2D eigenvalue weighted by Gasteiger charge is 2.21. The Labute approximate surface area is 149 Å². The molecule has 1 aliphatic carbocycles. The number of aryl methyl sites for hydroxylation is 2. The van der Waals surface area contributed by atoms with E-state index in [1.54, 1.807) is 12.1 Å². The van der Waals surface area contributed by atoms with E-state index in [9.17, 15) is 15.2 Å². The lowest BCUT2D eigenvalue weighted by molar-refractivity contribution is 0.252.